The Morgan fingerprint density at radius 3 is 2.62 bits per heavy atom. The summed E-state index contributed by atoms with van der Waals surface area (Å²) < 4.78 is 16.9. The Hall–Kier alpha value is -1.27. The highest BCUT2D eigenvalue weighted by Crippen LogP contribution is 2.37. The summed E-state index contributed by atoms with van der Waals surface area (Å²) >= 11 is 3.46. The Kier molecular flexibility index (Phi) is 7.53. The third kappa shape index (κ3) is 4.89. The van der Waals surface area contributed by atoms with Crippen molar-refractivity contribution in [2.45, 2.75) is 32.8 Å². The van der Waals surface area contributed by atoms with Gasteiger partial charge in [0.2, 0.25) is 0 Å². The molecule has 0 radical (unpaired) electrons. The molecule has 21 heavy (non-hydrogen) atoms. The molecule has 0 amide bonds. The SMILES string of the molecule is CCOC(=O)C(CC)Oc1c(Br)cc(CCN)cc1OC. The minimum Gasteiger partial charge on any atom is -0.493 e. The van der Waals surface area contributed by atoms with E-state index in [1.54, 1.807) is 14.0 Å². The second-order valence-corrected chi connectivity index (χ2v) is 5.27. The quantitative estimate of drug-likeness (QED) is 0.722. The zero-order chi connectivity index (χ0) is 15.8. The summed E-state index contributed by atoms with van der Waals surface area (Å²) in [7, 11) is 1.56. The molecule has 0 aromatic heterocycles. The molecule has 1 aromatic rings. The molecule has 0 aliphatic rings. The minimum absolute atomic E-state index is 0.326. The molecule has 0 heterocycles. The van der Waals surface area contributed by atoms with Gasteiger partial charge in [0.1, 0.15) is 0 Å². The molecule has 5 nitrogen and oxygen atoms in total. The van der Waals surface area contributed by atoms with Crippen molar-refractivity contribution in [1.29, 1.82) is 0 Å². The number of nitrogens with two attached hydrogens (primary N) is 1. The highest BCUT2D eigenvalue weighted by molar-refractivity contribution is 9.10. The maximum Gasteiger partial charge on any atom is 0.347 e. The van der Waals surface area contributed by atoms with Gasteiger partial charge in [-0.1, -0.05) is 6.92 Å². The van der Waals surface area contributed by atoms with Crippen molar-refractivity contribution in [3.8, 4) is 11.5 Å². The molecule has 118 valence electrons. The normalized spacial score (nSPS) is 11.9. The Labute approximate surface area is 133 Å². The molecular formula is C15H22BrNO4. The molecule has 1 rings (SSSR count). The van der Waals surface area contributed by atoms with Crippen molar-refractivity contribution < 1.29 is 19.0 Å². The number of hydrogen-bond acceptors (Lipinski definition) is 5. The second kappa shape index (κ2) is 8.89. The fourth-order valence-corrected chi connectivity index (χ4v) is 2.46. The van der Waals surface area contributed by atoms with E-state index in [9.17, 15) is 4.79 Å². The Morgan fingerprint density at radius 1 is 1.38 bits per heavy atom. The van der Waals surface area contributed by atoms with Crippen LogP contribution in [0.2, 0.25) is 0 Å². The number of benzene rings is 1. The highest BCUT2D eigenvalue weighted by atomic mass is 79.9. The van der Waals surface area contributed by atoms with Gasteiger partial charge in [-0.25, -0.2) is 4.79 Å². The van der Waals surface area contributed by atoms with E-state index in [1.807, 2.05) is 19.1 Å². The van der Waals surface area contributed by atoms with Crippen LogP contribution in [0.25, 0.3) is 0 Å². The van der Waals surface area contributed by atoms with Crippen molar-refractivity contribution in [2.24, 2.45) is 5.73 Å². The van der Waals surface area contributed by atoms with Crippen molar-refractivity contribution in [3.05, 3.63) is 22.2 Å². The Bertz CT molecular complexity index is 479. The molecule has 0 aliphatic heterocycles. The van der Waals surface area contributed by atoms with Crippen LogP contribution in [0.1, 0.15) is 25.8 Å². The highest BCUT2D eigenvalue weighted by Gasteiger charge is 2.23. The predicted molar refractivity (Wildman–Crippen MR) is 84.8 cm³/mol. The monoisotopic (exact) mass is 359 g/mol. The van der Waals surface area contributed by atoms with E-state index < -0.39 is 6.10 Å². The number of ether oxygens (including phenoxy) is 3. The minimum atomic E-state index is -0.657. The fraction of sp³-hybridized carbons (Fsp3) is 0.533. The van der Waals surface area contributed by atoms with Crippen molar-refractivity contribution in [3.63, 3.8) is 0 Å². The van der Waals surface area contributed by atoms with Gasteiger partial charge in [0.25, 0.3) is 0 Å². The van der Waals surface area contributed by atoms with Gasteiger partial charge in [-0.05, 0) is 59.9 Å². The van der Waals surface area contributed by atoms with Gasteiger partial charge in [-0.2, -0.15) is 0 Å². The van der Waals surface area contributed by atoms with Gasteiger partial charge in [-0.3, -0.25) is 0 Å². The van der Waals surface area contributed by atoms with Crippen LogP contribution >= 0.6 is 15.9 Å². The largest absolute Gasteiger partial charge is 0.493 e. The zero-order valence-corrected chi connectivity index (χ0v) is 14.2. The van der Waals surface area contributed by atoms with Crippen molar-refractivity contribution in [1.82, 2.24) is 0 Å². The Morgan fingerprint density at radius 2 is 2.10 bits per heavy atom. The summed E-state index contributed by atoms with van der Waals surface area (Å²) in [5.74, 6) is 0.689. The molecule has 1 unspecified atom stereocenters. The summed E-state index contributed by atoms with van der Waals surface area (Å²) in [6.45, 7) is 4.51. The molecule has 1 aromatic carbocycles. The lowest BCUT2D eigenvalue weighted by Gasteiger charge is -2.19. The van der Waals surface area contributed by atoms with E-state index in [2.05, 4.69) is 15.9 Å². The second-order valence-electron chi connectivity index (χ2n) is 4.41. The molecule has 6 heteroatoms. The average molecular weight is 360 g/mol. The third-order valence-electron chi connectivity index (χ3n) is 2.90. The van der Waals surface area contributed by atoms with Crippen molar-refractivity contribution >= 4 is 21.9 Å². The van der Waals surface area contributed by atoms with E-state index in [4.69, 9.17) is 19.9 Å². The molecule has 2 N–H and O–H groups in total. The van der Waals surface area contributed by atoms with Crippen LogP contribution in [-0.4, -0.2) is 32.3 Å². The first-order valence-electron chi connectivity index (χ1n) is 6.97. The first-order chi connectivity index (χ1) is 10.1. The molecular weight excluding hydrogens is 338 g/mol. The molecule has 0 fully saturated rings. The maximum absolute atomic E-state index is 11.8. The van der Waals surface area contributed by atoms with E-state index in [1.165, 1.54) is 0 Å². The summed E-state index contributed by atoms with van der Waals surface area (Å²) in [5, 5.41) is 0. The lowest BCUT2D eigenvalue weighted by Crippen LogP contribution is -2.29. The molecule has 0 saturated carbocycles. The predicted octanol–water partition coefficient (Wildman–Crippen LogP) is 2.68. The molecule has 0 aliphatic carbocycles. The first kappa shape index (κ1) is 17.8. The van der Waals surface area contributed by atoms with E-state index in [0.29, 0.717) is 31.1 Å². The number of hydrogen-bond donors (Lipinski definition) is 1. The topological polar surface area (TPSA) is 70.8 Å². The van der Waals surface area contributed by atoms with Gasteiger partial charge in [0, 0.05) is 0 Å². The molecule has 0 spiro atoms. The van der Waals surface area contributed by atoms with E-state index >= 15 is 0 Å². The van der Waals surface area contributed by atoms with Crippen LogP contribution in [0.3, 0.4) is 0 Å². The number of carbonyl (C=O) groups is 1. The first-order valence-corrected chi connectivity index (χ1v) is 7.76. The average Bonchev–Trinajstić information content (AvgIpc) is 2.46. The molecule has 0 bridgehead atoms. The van der Waals surface area contributed by atoms with Crippen LogP contribution in [0.15, 0.2) is 16.6 Å². The van der Waals surface area contributed by atoms with Crippen LogP contribution < -0.4 is 15.2 Å². The standard InChI is InChI=1S/C15H22BrNO4/c1-4-12(15(18)20-5-2)21-14-11(16)8-10(6-7-17)9-13(14)19-3/h8-9,12H,4-7,17H2,1-3H3. The van der Waals surface area contributed by atoms with Crippen molar-refractivity contribution in [2.75, 3.05) is 20.3 Å². The molecule has 0 saturated heterocycles. The zero-order valence-electron chi connectivity index (χ0n) is 12.6. The van der Waals surface area contributed by atoms with Gasteiger partial charge >= 0.3 is 5.97 Å². The van der Waals surface area contributed by atoms with Crippen LogP contribution in [0.4, 0.5) is 0 Å². The van der Waals surface area contributed by atoms with Gasteiger partial charge in [0.15, 0.2) is 17.6 Å². The number of methoxy groups -OCH3 is 1. The summed E-state index contributed by atoms with van der Waals surface area (Å²) in [6, 6.07) is 3.79. The number of rotatable bonds is 8. The van der Waals surface area contributed by atoms with Crippen LogP contribution in [-0.2, 0) is 16.0 Å². The summed E-state index contributed by atoms with van der Waals surface area (Å²) in [6.07, 6.45) is 0.596. The van der Waals surface area contributed by atoms with E-state index in [0.717, 1.165) is 16.5 Å². The number of carbonyl (C=O) groups excluding carboxylic acids is 1. The van der Waals surface area contributed by atoms with Gasteiger partial charge < -0.3 is 19.9 Å². The number of halogens is 1. The summed E-state index contributed by atoms with van der Waals surface area (Å²) in [4.78, 5) is 11.8. The Balaban J connectivity index is 3.02. The molecule has 1 atom stereocenters. The summed E-state index contributed by atoms with van der Waals surface area (Å²) in [5.41, 5.74) is 6.61. The van der Waals surface area contributed by atoms with Crippen LogP contribution in [0.5, 0.6) is 11.5 Å². The van der Waals surface area contributed by atoms with Gasteiger partial charge in [-0.15, -0.1) is 0 Å². The van der Waals surface area contributed by atoms with Gasteiger partial charge in [0.05, 0.1) is 18.2 Å². The van der Waals surface area contributed by atoms with E-state index in [-0.39, 0.29) is 5.97 Å². The van der Waals surface area contributed by atoms with Crippen LogP contribution in [0, 0.1) is 0 Å². The smallest absolute Gasteiger partial charge is 0.347 e. The maximum atomic E-state index is 11.8. The lowest BCUT2D eigenvalue weighted by molar-refractivity contribution is -0.151. The lowest BCUT2D eigenvalue weighted by atomic mass is 10.1. The third-order valence-corrected chi connectivity index (χ3v) is 3.49. The number of esters is 1. The fourth-order valence-electron chi connectivity index (χ4n) is 1.87.